The van der Waals surface area contributed by atoms with Crippen molar-refractivity contribution < 1.29 is 19.0 Å². The van der Waals surface area contributed by atoms with Crippen LogP contribution >= 0.6 is 11.6 Å². The summed E-state index contributed by atoms with van der Waals surface area (Å²) in [7, 11) is 1.57. The maximum atomic E-state index is 12.6. The predicted molar refractivity (Wildman–Crippen MR) is 121 cm³/mol. The van der Waals surface area contributed by atoms with Gasteiger partial charge in [-0.15, -0.1) is 0 Å². The fourth-order valence-electron chi connectivity index (χ4n) is 2.82. The maximum Gasteiger partial charge on any atom is 0.275 e. The number of carbonyl (C=O) groups is 1. The number of benzene rings is 3. The third-order valence-corrected chi connectivity index (χ3v) is 4.71. The second-order valence-electron chi connectivity index (χ2n) is 6.42. The SMILES string of the molecule is CCOc1ccc(/C=N/NC(=O)c2ccccc2OCc2ccccc2Cl)cc1OC. The first-order valence-electron chi connectivity index (χ1n) is 9.71. The highest BCUT2D eigenvalue weighted by Gasteiger charge is 2.12. The van der Waals surface area contributed by atoms with Gasteiger partial charge in [-0.1, -0.05) is 41.9 Å². The quantitative estimate of drug-likeness (QED) is 0.373. The van der Waals surface area contributed by atoms with E-state index in [1.54, 1.807) is 49.6 Å². The minimum Gasteiger partial charge on any atom is -0.493 e. The zero-order valence-corrected chi connectivity index (χ0v) is 18.1. The predicted octanol–water partition coefficient (Wildman–Crippen LogP) is 5.09. The van der Waals surface area contributed by atoms with E-state index < -0.39 is 0 Å². The molecule has 0 unspecified atom stereocenters. The number of rotatable bonds is 9. The van der Waals surface area contributed by atoms with Crippen LogP contribution in [-0.4, -0.2) is 25.8 Å². The Hall–Kier alpha value is -3.51. The third-order valence-electron chi connectivity index (χ3n) is 4.34. The molecule has 3 aromatic carbocycles. The van der Waals surface area contributed by atoms with Gasteiger partial charge in [0.15, 0.2) is 11.5 Å². The summed E-state index contributed by atoms with van der Waals surface area (Å²) in [6.45, 7) is 2.69. The van der Waals surface area contributed by atoms with Crippen molar-refractivity contribution in [3.05, 3.63) is 88.4 Å². The fraction of sp³-hybridized carbons (Fsp3) is 0.167. The molecule has 3 aromatic rings. The molecule has 31 heavy (non-hydrogen) atoms. The Morgan fingerprint density at radius 1 is 1.00 bits per heavy atom. The Kier molecular flexibility index (Phi) is 7.90. The highest BCUT2D eigenvalue weighted by atomic mass is 35.5. The van der Waals surface area contributed by atoms with Gasteiger partial charge in [0.1, 0.15) is 12.4 Å². The van der Waals surface area contributed by atoms with Crippen molar-refractivity contribution in [2.24, 2.45) is 5.10 Å². The molecule has 0 heterocycles. The van der Waals surface area contributed by atoms with E-state index in [-0.39, 0.29) is 12.5 Å². The molecule has 7 heteroatoms. The van der Waals surface area contributed by atoms with E-state index in [1.807, 2.05) is 31.2 Å². The monoisotopic (exact) mass is 438 g/mol. The molecule has 0 saturated carbocycles. The number of hydrogen-bond donors (Lipinski definition) is 1. The summed E-state index contributed by atoms with van der Waals surface area (Å²) < 4.78 is 16.6. The van der Waals surface area contributed by atoms with E-state index in [0.29, 0.717) is 34.4 Å². The largest absolute Gasteiger partial charge is 0.493 e. The number of nitrogens with one attached hydrogen (secondary N) is 1. The van der Waals surface area contributed by atoms with Crippen molar-refractivity contribution in [1.29, 1.82) is 0 Å². The summed E-state index contributed by atoms with van der Waals surface area (Å²) in [5.41, 5.74) is 4.49. The smallest absolute Gasteiger partial charge is 0.275 e. The van der Waals surface area contributed by atoms with Gasteiger partial charge < -0.3 is 14.2 Å². The molecule has 0 atom stereocenters. The molecule has 0 bridgehead atoms. The van der Waals surface area contributed by atoms with Crippen LogP contribution in [0.4, 0.5) is 0 Å². The molecule has 3 rings (SSSR count). The minimum atomic E-state index is -0.385. The highest BCUT2D eigenvalue weighted by Crippen LogP contribution is 2.27. The van der Waals surface area contributed by atoms with Gasteiger partial charge in [-0.3, -0.25) is 4.79 Å². The van der Waals surface area contributed by atoms with Gasteiger partial charge in [-0.05, 0) is 48.9 Å². The van der Waals surface area contributed by atoms with Gasteiger partial charge in [0.2, 0.25) is 0 Å². The number of halogens is 1. The topological polar surface area (TPSA) is 69.2 Å². The standard InChI is InChI=1S/C24H23ClN2O4/c1-3-30-22-13-12-17(14-23(22)29-2)15-26-27-24(28)19-9-5-7-11-21(19)31-16-18-8-4-6-10-20(18)25/h4-15H,3,16H2,1-2H3,(H,27,28)/b26-15+. The Balaban J connectivity index is 1.66. The van der Waals surface area contributed by atoms with Crippen molar-refractivity contribution in [3.63, 3.8) is 0 Å². The number of nitrogens with zero attached hydrogens (tertiary/aromatic N) is 1. The summed E-state index contributed by atoms with van der Waals surface area (Å²) in [6, 6.07) is 19.8. The van der Waals surface area contributed by atoms with Crippen molar-refractivity contribution in [1.82, 2.24) is 5.43 Å². The summed E-state index contributed by atoms with van der Waals surface area (Å²) >= 11 is 6.17. The number of carbonyl (C=O) groups excluding carboxylic acids is 1. The first kappa shape index (κ1) is 22.2. The van der Waals surface area contributed by atoms with Crippen molar-refractivity contribution in [3.8, 4) is 17.2 Å². The van der Waals surface area contributed by atoms with Crippen LogP contribution in [0, 0.1) is 0 Å². The van der Waals surface area contributed by atoms with Crippen LogP contribution in [0.15, 0.2) is 71.8 Å². The van der Waals surface area contributed by atoms with Gasteiger partial charge >= 0.3 is 0 Å². The normalized spacial score (nSPS) is 10.7. The third kappa shape index (κ3) is 5.99. The average molecular weight is 439 g/mol. The van der Waals surface area contributed by atoms with E-state index >= 15 is 0 Å². The molecule has 0 aliphatic heterocycles. The maximum absolute atomic E-state index is 12.6. The lowest BCUT2D eigenvalue weighted by Crippen LogP contribution is -2.18. The molecule has 0 aliphatic carbocycles. The molecule has 0 spiro atoms. The van der Waals surface area contributed by atoms with Gasteiger partial charge in [0.05, 0.1) is 25.5 Å². The van der Waals surface area contributed by atoms with E-state index in [2.05, 4.69) is 10.5 Å². The van der Waals surface area contributed by atoms with E-state index in [1.165, 1.54) is 6.21 Å². The Bertz CT molecular complexity index is 1070. The van der Waals surface area contributed by atoms with Crippen LogP contribution < -0.4 is 19.6 Å². The number of para-hydroxylation sites is 1. The molecule has 0 saturated heterocycles. The molecule has 0 fully saturated rings. The lowest BCUT2D eigenvalue weighted by molar-refractivity contribution is 0.0950. The lowest BCUT2D eigenvalue weighted by atomic mass is 10.2. The van der Waals surface area contributed by atoms with Gasteiger partial charge in [0, 0.05) is 10.6 Å². The van der Waals surface area contributed by atoms with Crippen LogP contribution in [0.5, 0.6) is 17.2 Å². The molecule has 1 N–H and O–H groups in total. The number of hydrogen-bond acceptors (Lipinski definition) is 5. The Labute approximate surface area is 186 Å². The van der Waals surface area contributed by atoms with Crippen LogP contribution in [0.25, 0.3) is 0 Å². The zero-order valence-electron chi connectivity index (χ0n) is 17.3. The van der Waals surface area contributed by atoms with Crippen molar-refractivity contribution in [2.45, 2.75) is 13.5 Å². The van der Waals surface area contributed by atoms with Gasteiger partial charge in [-0.2, -0.15) is 5.10 Å². The molecular formula is C24H23ClN2O4. The molecule has 0 radical (unpaired) electrons. The van der Waals surface area contributed by atoms with Crippen LogP contribution in [0.3, 0.4) is 0 Å². The molecule has 0 aromatic heterocycles. The second kappa shape index (κ2) is 11.0. The lowest BCUT2D eigenvalue weighted by Gasteiger charge is -2.11. The molecule has 6 nitrogen and oxygen atoms in total. The zero-order chi connectivity index (χ0) is 22.1. The van der Waals surface area contributed by atoms with E-state index in [9.17, 15) is 4.79 Å². The average Bonchev–Trinajstić information content (AvgIpc) is 2.79. The number of hydrazone groups is 1. The van der Waals surface area contributed by atoms with Crippen molar-refractivity contribution >= 4 is 23.7 Å². The number of ether oxygens (including phenoxy) is 3. The first-order valence-corrected chi connectivity index (χ1v) is 10.1. The number of methoxy groups -OCH3 is 1. The van der Waals surface area contributed by atoms with Crippen LogP contribution in [0.2, 0.25) is 5.02 Å². The summed E-state index contributed by atoms with van der Waals surface area (Å²) in [6.07, 6.45) is 1.53. The Morgan fingerprint density at radius 3 is 2.55 bits per heavy atom. The summed E-state index contributed by atoms with van der Waals surface area (Å²) in [5.74, 6) is 1.30. The summed E-state index contributed by atoms with van der Waals surface area (Å²) in [4.78, 5) is 12.6. The fourth-order valence-corrected chi connectivity index (χ4v) is 3.01. The van der Waals surface area contributed by atoms with Crippen molar-refractivity contribution in [2.75, 3.05) is 13.7 Å². The molecule has 160 valence electrons. The van der Waals surface area contributed by atoms with Crippen LogP contribution in [-0.2, 0) is 6.61 Å². The molecule has 1 amide bonds. The van der Waals surface area contributed by atoms with Gasteiger partial charge in [-0.25, -0.2) is 5.43 Å². The minimum absolute atomic E-state index is 0.249. The molecule has 0 aliphatic rings. The summed E-state index contributed by atoms with van der Waals surface area (Å²) in [5, 5.41) is 4.66. The Morgan fingerprint density at radius 2 is 1.77 bits per heavy atom. The highest BCUT2D eigenvalue weighted by molar-refractivity contribution is 6.31. The number of amides is 1. The van der Waals surface area contributed by atoms with Crippen LogP contribution in [0.1, 0.15) is 28.4 Å². The second-order valence-corrected chi connectivity index (χ2v) is 6.83. The van der Waals surface area contributed by atoms with Gasteiger partial charge in [0.25, 0.3) is 5.91 Å². The van der Waals surface area contributed by atoms with E-state index in [4.69, 9.17) is 25.8 Å². The first-order chi connectivity index (χ1) is 15.1. The molecular weight excluding hydrogens is 416 g/mol. The van der Waals surface area contributed by atoms with E-state index in [0.717, 1.165) is 11.1 Å².